The number of allylic oxidation sites excluding steroid dienone is 2. The van der Waals surface area contributed by atoms with E-state index in [0.717, 1.165) is 27.4 Å². The number of thiazole rings is 1. The Hall–Kier alpha value is -2.14. The summed E-state index contributed by atoms with van der Waals surface area (Å²) in [5, 5.41) is 1.12. The summed E-state index contributed by atoms with van der Waals surface area (Å²) in [5.74, 6) is 1.44. The molecule has 0 atom stereocenters. The molecule has 2 N–H and O–H groups in total. The molecule has 24 heavy (non-hydrogen) atoms. The Bertz CT molecular complexity index is 732. The molecule has 0 aromatic carbocycles. The molecule has 0 aliphatic rings. The van der Waals surface area contributed by atoms with Crippen LogP contribution in [0.5, 0.6) is 5.75 Å². The fraction of sp³-hybridized carbons (Fsp3) is 0.368. The summed E-state index contributed by atoms with van der Waals surface area (Å²) in [7, 11) is 0. The number of ether oxygens (including phenoxy) is 1. The van der Waals surface area contributed by atoms with Crippen molar-refractivity contribution < 1.29 is 4.74 Å². The first-order chi connectivity index (χ1) is 11.5. The van der Waals surface area contributed by atoms with Crippen molar-refractivity contribution in [3.05, 3.63) is 47.3 Å². The first-order valence-corrected chi connectivity index (χ1v) is 9.02. The van der Waals surface area contributed by atoms with Crippen molar-refractivity contribution in [1.29, 1.82) is 0 Å². The van der Waals surface area contributed by atoms with Gasteiger partial charge < -0.3 is 10.5 Å². The number of anilines is 1. The molecule has 2 heterocycles. The van der Waals surface area contributed by atoms with Crippen LogP contribution in [-0.4, -0.2) is 16.6 Å². The van der Waals surface area contributed by atoms with E-state index in [9.17, 15) is 0 Å². The predicted octanol–water partition coefficient (Wildman–Crippen LogP) is 5.20. The molecule has 0 unspecified atom stereocenters. The van der Waals surface area contributed by atoms with E-state index in [0.29, 0.717) is 24.1 Å². The highest BCUT2D eigenvalue weighted by molar-refractivity contribution is 7.15. The number of nitrogens with zero attached hydrogens (tertiary/aromatic N) is 2. The summed E-state index contributed by atoms with van der Waals surface area (Å²) in [6, 6.07) is 1.94. The Morgan fingerprint density at radius 2 is 2.12 bits per heavy atom. The van der Waals surface area contributed by atoms with E-state index in [1.807, 2.05) is 25.3 Å². The molecule has 0 spiro atoms. The van der Waals surface area contributed by atoms with Crippen molar-refractivity contribution >= 4 is 17.2 Å². The highest BCUT2D eigenvalue weighted by Gasteiger charge is 2.11. The van der Waals surface area contributed by atoms with Crippen LogP contribution in [0.25, 0.3) is 10.4 Å². The Labute approximate surface area is 148 Å². The normalized spacial score (nSPS) is 12.3. The molecule has 0 aliphatic heterocycles. The lowest BCUT2D eigenvalue weighted by Gasteiger charge is -2.10. The molecule has 128 valence electrons. The average Bonchev–Trinajstić information content (AvgIpc) is 3.04. The van der Waals surface area contributed by atoms with Crippen LogP contribution >= 0.6 is 11.3 Å². The van der Waals surface area contributed by atoms with Crippen molar-refractivity contribution in [2.75, 3.05) is 12.3 Å². The zero-order valence-electron chi connectivity index (χ0n) is 14.7. The average molecular weight is 343 g/mol. The van der Waals surface area contributed by atoms with Gasteiger partial charge >= 0.3 is 0 Å². The Balaban J connectivity index is 2.20. The van der Waals surface area contributed by atoms with Gasteiger partial charge in [-0.3, -0.25) is 0 Å². The zero-order valence-corrected chi connectivity index (χ0v) is 15.6. The van der Waals surface area contributed by atoms with Gasteiger partial charge in [-0.15, -0.1) is 11.3 Å². The number of nitrogens with two attached hydrogens (primary N) is 1. The highest BCUT2D eigenvalue weighted by Crippen LogP contribution is 2.32. The lowest BCUT2D eigenvalue weighted by Crippen LogP contribution is -2.03. The molecule has 0 saturated heterocycles. The molecule has 0 fully saturated rings. The van der Waals surface area contributed by atoms with Crippen LogP contribution in [0.3, 0.4) is 0 Å². The minimum Gasteiger partial charge on any atom is -0.485 e. The third-order valence-corrected chi connectivity index (χ3v) is 4.77. The van der Waals surface area contributed by atoms with Crippen LogP contribution in [-0.2, 0) is 0 Å². The maximum Gasteiger partial charge on any atom is 0.166 e. The molecular formula is C19H25N3OS. The molecule has 2 aromatic rings. The third-order valence-electron chi connectivity index (χ3n) is 3.43. The molecule has 2 aromatic heterocycles. The monoisotopic (exact) mass is 343 g/mol. The summed E-state index contributed by atoms with van der Waals surface area (Å²) in [4.78, 5) is 9.82. The van der Waals surface area contributed by atoms with Gasteiger partial charge in [-0.2, -0.15) is 0 Å². The molecule has 5 heteroatoms. The van der Waals surface area contributed by atoms with Gasteiger partial charge in [0.25, 0.3) is 0 Å². The Morgan fingerprint density at radius 1 is 1.33 bits per heavy atom. The Kier molecular flexibility index (Phi) is 6.55. The largest absolute Gasteiger partial charge is 0.485 e. The van der Waals surface area contributed by atoms with Crippen LogP contribution < -0.4 is 10.5 Å². The number of hydrogen-bond acceptors (Lipinski definition) is 5. The van der Waals surface area contributed by atoms with Crippen molar-refractivity contribution in [3.63, 3.8) is 0 Å². The smallest absolute Gasteiger partial charge is 0.166 e. The van der Waals surface area contributed by atoms with Crippen LogP contribution in [0.2, 0.25) is 0 Å². The number of pyridine rings is 1. The SMILES string of the molecule is C/C=C\C(=C/CC)COc1cc(-c2cnc(C(C)C)s2)cnc1N. The van der Waals surface area contributed by atoms with E-state index in [1.165, 1.54) is 0 Å². The van der Waals surface area contributed by atoms with Gasteiger partial charge in [-0.25, -0.2) is 9.97 Å². The van der Waals surface area contributed by atoms with Crippen molar-refractivity contribution in [2.45, 2.75) is 40.0 Å². The molecule has 0 saturated carbocycles. The number of nitrogen functional groups attached to an aromatic ring is 1. The van der Waals surface area contributed by atoms with Crippen LogP contribution in [0.4, 0.5) is 5.82 Å². The van der Waals surface area contributed by atoms with Crippen molar-refractivity contribution in [1.82, 2.24) is 9.97 Å². The summed E-state index contributed by atoms with van der Waals surface area (Å²) in [6.07, 6.45) is 10.8. The summed E-state index contributed by atoms with van der Waals surface area (Å²) < 4.78 is 5.90. The van der Waals surface area contributed by atoms with Gasteiger partial charge in [0.15, 0.2) is 11.6 Å². The molecule has 4 nitrogen and oxygen atoms in total. The minimum atomic E-state index is 0.406. The minimum absolute atomic E-state index is 0.406. The maximum absolute atomic E-state index is 5.97. The first kappa shape index (κ1) is 18.2. The number of aromatic nitrogens is 2. The lowest BCUT2D eigenvalue weighted by molar-refractivity contribution is 0.356. The van der Waals surface area contributed by atoms with E-state index >= 15 is 0 Å². The van der Waals surface area contributed by atoms with Crippen LogP contribution in [0.15, 0.2) is 42.3 Å². The predicted molar refractivity (Wildman–Crippen MR) is 103 cm³/mol. The standard InChI is InChI=1S/C19H25N3OS/c1-5-7-14(8-6-2)12-23-16-9-15(10-21-18(16)20)17-11-22-19(24-17)13(3)4/h5,7-11,13H,6,12H2,1-4H3,(H2,20,21)/b7-5-,14-8+. The Morgan fingerprint density at radius 3 is 2.75 bits per heavy atom. The van der Waals surface area contributed by atoms with Crippen LogP contribution in [0.1, 0.15) is 45.0 Å². The number of hydrogen-bond donors (Lipinski definition) is 1. The van der Waals surface area contributed by atoms with Gasteiger partial charge in [-0.1, -0.05) is 39.0 Å². The second kappa shape index (κ2) is 8.64. The zero-order chi connectivity index (χ0) is 17.5. The van der Waals surface area contributed by atoms with Crippen LogP contribution in [0, 0.1) is 0 Å². The summed E-state index contributed by atoms with van der Waals surface area (Å²) in [5.41, 5.74) is 8.08. The summed E-state index contributed by atoms with van der Waals surface area (Å²) in [6.45, 7) is 8.86. The molecule has 0 amide bonds. The van der Waals surface area contributed by atoms with Gasteiger partial charge in [0, 0.05) is 23.9 Å². The van der Waals surface area contributed by atoms with Crippen molar-refractivity contribution in [3.8, 4) is 16.2 Å². The topological polar surface area (TPSA) is 61.0 Å². The second-order valence-corrected chi connectivity index (χ2v) is 6.86. The van der Waals surface area contributed by atoms with E-state index in [1.54, 1.807) is 17.5 Å². The summed E-state index contributed by atoms with van der Waals surface area (Å²) >= 11 is 1.68. The maximum atomic E-state index is 5.97. The van der Waals surface area contributed by atoms with E-state index in [4.69, 9.17) is 10.5 Å². The van der Waals surface area contributed by atoms with Crippen molar-refractivity contribution in [2.24, 2.45) is 0 Å². The fourth-order valence-corrected chi connectivity index (χ4v) is 3.11. The van der Waals surface area contributed by atoms with Gasteiger partial charge in [0.1, 0.15) is 6.61 Å². The van der Waals surface area contributed by atoms with Gasteiger partial charge in [-0.05, 0) is 25.0 Å². The highest BCUT2D eigenvalue weighted by atomic mass is 32.1. The third kappa shape index (κ3) is 4.68. The number of rotatable bonds is 7. The molecule has 0 bridgehead atoms. The molecule has 2 rings (SSSR count). The van der Waals surface area contributed by atoms with E-state index in [2.05, 4.69) is 42.9 Å². The fourth-order valence-electron chi connectivity index (χ4n) is 2.21. The van der Waals surface area contributed by atoms with Gasteiger partial charge in [0.05, 0.1) is 9.88 Å². The lowest BCUT2D eigenvalue weighted by atomic mass is 10.2. The van der Waals surface area contributed by atoms with Gasteiger partial charge in [0.2, 0.25) is 0 Å². The first-order valence-electron chi connectivity index (χ1n) is 8.21. The molecule has 0 radical (unpaired) electrons. The molecule has 0 aliphatic carbocycles. The quantitative estimate of drug-likeness (QED) is 0.702. The molecular weight excluding hydrogens is 318 g/mol. The van der Waals surface area contributed by atoms with E-state index in [-0.39, 0.29) is 0 Å². The second-order valence-electron chi connectivity index (χ2n) is 5.80. The van der Waals surface area contributed by atoms with E-state index < -0.39 is 0 Å².